The molecule has 16 heteroatoms. The minimum Gasteiger partial charge on any atom is -0.507 e. The smallest absolute Gasteiger partial charge is 0.471 e. The summed E-state index contributed by atoms with van der Waals surface area (Å²) in [5.74, 6) is -5.69. The van der Waals surface area contributed by atoms with E-state index in [0.29, 0.717) is 0 Å². The number of aliphatic hydroxyl groups is 4. The van der Waals surface area contributed by atoms with E-state index in [2.05, 4.69) is 0 Å². The molecule has 0 bridgehead atoms. The molecular formula is C29H30F3NO12. The standard InChI is InChI=1S/C29H30F3NO12/c1-10-22(36)13(33-27(41)29(30,31)32)6-17(44-10)45-15-8-28(42,16(35)9-34)7-12-19(15)26(40)21-20(24(12)38)23(37)11-4-3-5-14(43-2)18(11)25(21)39/h3-5,10,13,15-17,22,34-36,38,40,42H,6-9H2,1-2H3,(H,33,41). The number of halogens is 3. The van der Waals surface area contributed by atoms with Crippen molar-refractivity contribution in [1.82, 2.24) is 5.32 Å². The Balaban J connectivity index is 1.61. The summed E-state index contributed by atoms with van der Waals surface area (Å²) in [7, 11) is 1.26. The van der Waals surface area contributed by atoms with Crippen LogP contribution in [0.4, 0.5) is 13.2 Å². The number of amides is 1. The fraction of sp³-hybridized carbons (Fsp3) is 0.483. The molecule has 244 valence electrons. The van der Waals surface area contributed by atoms with Gasteiger partial charge in [0.1, 0.15) is 29.5 Å². The minimum atomic E-state index is -5.26. The molecule has 13 nitrogen and oxygen atoms in total. The molecule has 2 aromatic carbocycles. The quantitative estimate of drug-likeness (QED) is 0.184. The molecule has 7 N–H and O–H groups in total. The molecule has 7 atom stereocenters. The summed E-state index contributed by atoms with van der Waals surface area (Å²) in [6.07, 6.45) is -14.8. The van der Waals surface area contributed by atoms with Gasteiger partial charge in [-0.05, 0) is 13.0 Å². The van der Waals surface area contributed by atoms with Crippen LogP contribution in [0.1, 0.15) is 68.8 Å². The Bertz CT molecular complexity index is 1560. The number of hydrogen-bond donors (Lipinski definition) is 7. The predicted molar refractivity (Wildman–Crippen MR) is 143 cm³/mol. The van der Waals surface area contributed by atoms with Gasteiger partial charge in [-0.3, -0.25) is 14.4 Å². The van der Waals surface area contributed by atoms with E-state index in [1.807, 2.05) is 0 Å². The molecule has 2 aliphatic carbocycles. The van der Waals surface area contributed by atoms with E-state index in [0.717, 1.165) is 0 Å². The number of alkyl halides is 3. The monoisotopic (exact) mass is 641 g/mol. The van der Waals surface area contributed by atoms with Crippen molar-refractivity contribution in [1.29, 1.82) is 0 Å². The van der Waals surface area contributed by atoms with Gasteiger partial charge in [0.25, 0.3) is 0 Å². The first-order valence-electron chi connectivity index (χ1n) is 13.8. The van der Waals surface area contributed by atoms with Gasteiger partial charge >= 0.3 is 12.1 Å². The lowest BCUT2D eigenvalue weighted by Crippen LogP contribution is -2.57. The first kappa shape index (κ1) is 32.6. The lowest BCUT2D eigenvalue weighted by atomic mass is 9.71. The molecule has 0 spiro atoms. The molecule has 45 heavy (non-hydrogen) atoms. The molecule has 7 unspecified atom stereocenters. The molecule has 0 saturated carbocycles. The normalized spacial score (nSPS) is 28.5. The Morgan fingerprint density at radius 1 is 1.16 bits per heavy atom. The Morgan fingerprint density at radius 3 is 2.44 bits per heavy atom. The zero-order chi connectivity index (χ0) is 33.2. The van der Waals surface area contributed by atoms with E-state index in [4.69, 9.17) is 14.2 Å². The van der Waals surface area contributed by atoms with Crippen LogP contribution in [-0.2, 0) is 20.7 Å². The van der Waals surface area contributed by atoms with E-state index in [9.17, 15) is 58.2 Å². The van der Waals surface area contributed by atoms with Crippen LogP contribution in [-0.4, -0.2) is 104 Å². The zero-order valence-corrected chi connectivity index (χ0v) is 23.8. The number of aliphatic hydroxyl groups excluding tert-OH is 3. The van der Waals surface area contributed by atoms with Crippen LogP contribution in [0.15, 0.2) is 18.2 Å². The Morgan fingerprint density at radius 2 is 1.82 bits per heavy atom. The SMILES string of the molecule is COc1cccc2c1C(=O)c1c(O)c3c(c(O)c1C2=O)CC(O)(C(O)CO)CC3OC1CC(NC(=O)C(F)(F)F)C(O)C(C)O1. The molecule has 1 amide bonds. The highest BCUT2D eigenvalue weighted by molar-refractivity contribution is 6.31. The van der Waals surface area contributed by atoms with Gasteiger partial charge in [-0.15, -0.1) is 0 Å². The summed E-state index contributed by atoms with van der Waals surface area (Å²) in [6, 6.07) is 2.65. The number of benzene rings is 2. The summed E-state index contributed by atoms with van der Waals surface area (Å²) < 4.78 is 55.6. The maximum absolute atomic E-state index is 13.7. The molecule has 1 fully saturated rings. The van der Waals surface area contributed by atoms with E-state index < -0.39 is 114 Å². The number of rotatable bonds is 6. The fourth-order valence-corrected chi connectivity index (χ4v) is 6.20. The van der Waals surface area contributed by atoms with E-state index in [-0.39, 0.29) is 28.0 Å². The summed E-state index contributed by atoms with van der Waals surface area (Å²) in [6.45, 7) is 0.331. The number of aromatic hydroxyl groups is 2. The van der Waals surface area contributed by atoms with Gasteiger partial charge in [-0.1, -0.05) is 12.1 Å². The van der Waals surface area contributed by atoms with Crippen molar-refractivity contribution < 1.29 is 72.4 Å². The minimum absolute atomic E-state index is 0.0106. The van der Waals surface area contributed by atoms with Crippen LogP contribution in [0.3, 0.4) is 0 Å². The molecular weight excluding hydrogens is 611 g/mol. The predicted octanol–water partition coefficient (Wildman–Crippen LogP) is 0.513. The van der Waals surface area contributed by atoms with E-state index in [1.54, 1.807) is 5.32 Å². The lowest BCUT2D eigenvalue weighted by Gasteiger charge is -2.44. The molecule has 1 aliphatic heterocycles. The highest BCUT2D eigenvalue weighted by atomic mass is 19.4. The van der Waals surface area contributed by atoms with Gasteiger partial charge in [0.05, 0.1) is 54.3 Å². The number of hydrogen-bond acceptors (Lipinski definition) is 12. The number of carbonyl (C=O) groups excluding carboxylic acids is 3. The van der Waals surface area contributed by atoms with Crippen LogP contribution >= 0.6 is 0 Å². The van der Waals surface area contributed by atoms with Crippen molar-refractivity contribution in [2.24, 2.45) is 0 Å². The maximum atomic E-state index is 13.7. The number of ketones is 2. The molecule has 3 aliphatic rings. The Hall–Kier alpha value is -3.80. The van der Waals surface area contributed by atoms with Crippen LogP contribution in [0.5, 0.6) is 17.2 Å². The van der Waals surface area contributed by atoms with Crippen LogP contribution in [0, 0.1) is 0 Å². The third-order valence-electron chi connectivity index (χ3n) is 8.49. The van der Waals surface area contributed by atoms with Gasteiger partial charge < -0.3 is 50.2 Å². The van der Waals surface area contributed by atoms with Gasteiger partial charge in [-0.25, -0.2) is 0 Å². The third kappa shape index (κ3) is 5.40. The summed E-state index contributed by atoms with van der Waals surface area (Å²) >= 11 is 0. The zero-order valence-electron chi connectivity index (χ0n) is 23.8. The van der Waals surface area contributed by atoms with E-state index in [1.165, 1.54) is 32.2 Å². The van der Waals surface area contributed by atoms with Gasteiger partial charge in [0.15, 0.2) is 12.1 Å². The van der Waals surface area contributed by atoms with Gasteiger partial charge in [-0.2, -0.15) is 13.2 Å². The number of phenols is 2. The average molecular weight is 642 g/mol. The van der Waals surface area contributed by atoms with Crippen molar-refractivity contribution in [3.8, 4) is 17.2 Å². The molecule has 1 saturated heterocycles. The van der Waals surface area contributed by atoms with Crippen LogP contribution in [0.25, 0.3) is 0 Å². The Kier molecular flexibility index (Phi) is 8.35. The second-order valence-corrected chi connectivity index (χ2v) is 11.3. The number of fused-ring (bicyclic) bond motifs is 3. The molecule has 2 aromatic rings. The lowest BCUT2D eigenvalue weighted by molar-refractivity contribution is -0.254. The number of phenolic OH excluding ortho intramolecular Hbond substituents is 2. The van der Waals surface area contributed by atoms with Gasteiger partial charge in [0.2, 0.25) is 5.78 Å². The number of ether oxygens (including phenoxy) is 3. The number of nitrogens with one attached hydrogen (secondary N) is 1. The highest BCUT2D eigenvalue weighted by Gasteiger charge is 2.51. The van der Waals surface area contributed by atoms with Crippen molar-refractivity contribution in [3.63, 3.8) is 0 Å². The molecule has 5 rings (SSSR count). The summed E-state index contributed by atoms with van der Waals surface area (Å²) in [4.78, 5) is 38.9. The number of carbonyl (C=O) groups is 3. The number of methoxy groups -OCH3 is 1. The Labute approximate surface area is 252 Å². The highest BCUT2D eigenvalue weighted by Crippen LogP contribution is 2.53. The van der Waals surface area contributed by atoms with Crippen molar-refractivity contribution >= 4 is 17.5 Å². The molecule has 0 aromatic heterocycles. The van der Waals surface area contributed by atoms with Crippen molar-refractivity contribution in [2.45, 2.75) is 74.7 Å². The topological polar surface area (TPSA) is 212 Å². The van der Waals surface area contributed by atoms with Crippen molar-refractivity contribution in [3.05, 3.63) is 51.6 Å². The fourth-order valence-electron chi connectivity index (χ4n) is 6.20. The van der Waals surface area contributed by atoms with E-state index >= 15 is 0 Å². The summed E-state index contributed by atoms with van der Waals surface area (Å²) in [5, 5.41) is 66.6. The van der Waals surface area contributed by atoms with Crippen LogP contribution in [0.2, 0.25) is 0 Å². The second-order valence-electron chi connectivity index (χ2n) is 11.3. The first-order valence-corrected chi connectivity index (χ1v) is 13.8. The van der Waals surface area contributed by atoms with Crippen LogP contribution < -0.4 is 10.1 Å². The summed E-state index contributed by atoms with van der Waals surface area (Å²) in [5.41, 5.74) is -4.36. The van der Waals surface area contributed by atoms with Gasteiger partial charge in [0, 0.05) is 36.0 Å². The maximum Gasteiger partial charge on any atom is 0.471 e. The average Bonchev–Trinajstić information content (AvgIpc) is 2.98. The molecule has 1 heterocycles. The second kappa shape index (κ2) is 11.5. The largest absolute Gasteiger partial charge is 0.507 e. The van der Waals surface area contributed by atoms with Crippen molar-refractivity contribution in [2.75, 3.05) is 13.7 Å². The third-order valence-corrected chi connectivity index (χ3v) is 8.49. The molecule has 0 radical (unpaired) electrons. The first-order chi connectivity index (χ1) is 21.0.